The van der Waals surface area contributed by atoms with E-state index in [1.54, 1.807) is 7.11 Å². The van der Waals surface area contributed by atoms with Crippen molar-refractivity contribution in [2.45, 2.75) is 26.9 Å². The normalized spacial score (nSPS) is 11.0. The van der Waals surface area contributed by atoms with Crippen molar-refractivity contribution in [1.29, 1.82) is 0 Å². The molecular formula is C17H27IN6O. The van der Waals surface area contributed by atoms with E-state index in [4.69, 9.17) is 4.74 Å². The lowest BCUT2D eigenvalue weighted by Gasteiger charge is -2.23. The molecule has 0 aliphatic heterocycles. The Bertz CT molecular complexity index is 700. The van der Waals surface area contributed by atoms with Gasteiger partial charge in [-0.3, -0.25) is 0 Å². The number of rotatable bonds is 6. The van der Waals surface area contributed by atoms with E-state index in [9.17, 15) is 0 Å². The van der Waals surface area contributed by atoms with Crippen LogP contribution in [-0.4, -0.2) is 46.3 Å². The number of nitrogens with one attached hydrogen (secondary N) is 1. The molecule has 0 saturated heterocycles. The first-order valence-corrected chi connectivity index (χ1v) is 8.03. The highest BCUT2D eigenvalue weighted by atomic mass is 127. The number of methoxy groups -OCH3 is 1. The molecule has 0 fully saturated rings. The molecule has 0 radical (unpaired) electrons. The van der Waals surface area contributed by atoms with Crippen LogP contribution in [-0.2, 0) is 20.1 Å². The molecule has 0 unspecified atom stereocenters. The number of halogens is 1. The van der Waals surface area contributed by atoms with E-state index in [2.05, 4.69) is 38.4 Å². The van der Waals surface area contributed by atoms with Crippen molar-refractivity contribution in [1.82, 2.24) is 25.0 Å². The quantitative estimate of drug-likeness (QED) is 0.409. The molecule has 0 aliphatic rings. The van der Waals surface area contributed by atoms with Crippen molar-refractivity contribution in [3.05, 3.63) is 41.5 Å². The Hall–Kier alpha value is -1.84. The van der Waals surface area contributed by atoms with Crippen molar-refractivity contribution < 1.29 is 4.74 Å². The van der Waals surface area contributed by atoms with Gasteiger partial charge in [-0.2, -0.15) is 0 Å². The van der Waals surface area contributed by atoms with Crippen LogP contribution in [0.25, 0.3) is 0 Å². The van der Waals surface area contributed by atoms with Crippen molar-refractivity contribution in [3.8, 4) is 5.75 Å². The maximum absolute atomic E-state index is 5.43. The average Bonchev–Trinajstić information content (AvgIpc) is 2.91. The molecule has 1 heterocycles. The SMILES string of the molecule is CCNC(=NCc1nnc(C)n1C)N(C)Cc1ccccc1OC.I. The smallest absolute Gasteiger partial charge is 0.194 e. The molecule has 2 aromatic rings. The summed E-state index contributed by atoms with van der Waals surface area (Å²) in [5.74, 6) is 3.43. The highest BCUT2D eigenvalue weighted by Gasteiger charge is 2.11. The van der Waals surface area contributed by atoms with Crippen molar-refractivity contribution in [2.24, 2.45) is 12.0 Å². The van der Waals surface area contributed by atoms with E-state index >= 15 is 0 Å². The number of nitrogens with zero attached hydrogens (tertiary/aromatic N) is 5. The van der Waals surface area contributed by atoms with Gasteiger partial charge in [0.05, 0.1) is 7.11 Å². The summed E-state index contributed by atoms with van der Waals surface area (Å²) in [6.07, 6.45) is 0. The van der Waals surface area contributed by atoms with E-state index in [0.717, 1.165) is 35.5 Å². The molecule has 138 valence electrons. The minimum Gasteiger partial charge on any atom is -0.496 e. The highest BCUT2D eigenvalue weighted by Crippen LogP contribution is 2.18. The van der Waals surface area contributed by atoms with Crippen molar-refractivity contribution in [3.63, 3.8) is 0 Å². The van der Waals surface area contributed by atoms with Crippen LogP contribution in [0.4, 0.5) is 0 Å². The van der Waals surface area contributed by atoms with E-state index in [1.807, 2.05) is 43.8 Å². The molecule has 1 N–H and O–H groups in total. The van der Waals surface area contributed by atoms with Crippen LogP contribution in [0, 0.1) is 6.92 Å². The number of para-hydroxylation sites is 1. The average molecular weight is 458 g/mol. The van der Waals surface area contributed by atoms with Gasteiger partial charge in [0.2, 0.25) is 0 Å². The first kappa shape index (κ1) is 21.2. The van der Waals surface area contributed by atoms with Crippen LogP contribution in [0.15, 0.2) is 29.3 Å². The molecule has 0 saturated carbocycles. The number of aromatic nitrogens is 3. The summed E-state index contributed by atoms with van der Waals surface area (Å²) in [7, 11) is 5.65. The number of aliphatic imine (C=N–C) groups is 1. The molecule has 25 heavy (non-hydrogen) atoms. The summed E-state index contributed by atoms with van der Waals surface area (Å²) in [5.41, 5.74) is 1.11. The van der Waals surface area contributed by atoms with Gasteiger partial charge in [0.25, 0.3) is 0 Å². The Morgan fingerprint density at radius 3 is 2.64 bits per heavy atom. The number of benzene rings is 1. The standard InChI is InChI=1S/C17H26N6O.HI/c1-6-18-17(19-11-16-21-20-13(2)23(16)4)22(3)12-14-9-7-8-10-15(14)24-5;/h7-10H,6,11-12H2,1-5H3,(H,18,19);1H. The van der Waals surface area contributed by atoms with Gasteiger partial charge in [-0.1, -0.05) is 18.2 Å². The lowest BCUT2D eigenvalue weighted by atomic mass is 10.2. The van der Waals surface area contributed by atoms with Gasteiger partial charge in [-0.15, -0.1) is 34.2 Å². The fourth-order valence-electron chi connectivity index (χ4n) is 2.37. The fraction of sp³-hybridized carbons (Fsp3) is 0.471. The number of aryl methyl sites for hydroxylation is 1. The molecule has 0 spiro atoms. The first-order valence-electron chi connectivity index (χ1n) is 8.03. The van der Waals surface area contributed by atoms with Gasteiger partial charge in [0.1, 0.15) is 18.1 Å². The van der Waals surface area contributed by atoms with Crippen LogP contribution in [0.3, 0.4) is 0 Å². The van der Waals surface area contributed by atoms with Gasteiger partial charge < -0.3 is 19.5 Å². The highest BCUT2D eigenvalue weighted by molar-refractivity contribution is 14.0. The predicted octanol–water partition coefficient (Wildman–Crippen LogP) is 2.35. The molecule has 0 atom stereocenters. The van der Waals surface area contributed by atoms with Crippen molar-refractivity contribution >= 4 is 29.9 Å². The van der Waals surface area contributed by atoms with Crippen LogP contribution in [0.2, 0.25) is 0 Å². The van der Waals surface area contributed by atoms with Gasteiger partial charge in [0.15, 0.2) is 11.8 Å². The van der Waals surface area contributed by atoms with Crippen LogP contribution in [0.1, 0.15) is 24.1 Å². The van der Waals surface area contributed by atoms with Crippen LogP contribution < -0.4 is 10.1 Å². The van der Waals surface area contributed by atoms with Crippen LogP contribution in [0.5, 0.6) is 5.75 Å². The Labute approximate surface area is 166 Å². The monoisotopic (exact) mass is 458 g/mol. The molecule has 2 rings (SSSR count). The second-order valence-electron chi connectivity index (χ2n) is 5.56. The van der Waals surface area contributed by atoms with Crippen LogP contribution >= 0.6 is 24.0 Å². The third-order valence-corrected chi connectivity index (χ3v) is 3.85. The number of ether oxygens (including phenoxy) is 1. The molecule has 0 bridgehead atoms. The number of hydrogen-bond acceptors (Lipinski definition) is 4. The molecule has 7 nitrogen and oxygen atoms in total. The third kappa shape index (κ3) is 5.58. The van der Waals surface area contributed by atoms with Gasteiger partial charge >= 0.3 is 0 Å². The van der Waals surface area contributed by atoms with E-state index in [0.29, 0.717) is 13.1 Å². The Morgan fingerprint density at radius 1 is 1.32 bits per heavy atom. The minimum atomic E-state index is 0. The molecule has 0 aliphatic carbocycles. The third-order valence-electron chi connectivity index (χ3n) is 3.85. The molecular weight excluding hydrogens is 431 g/mol. The number of hydrogen-bond donors (Lipinski definition) is 1. The van der Waals surface area contributed by atoms with Gasteiger partial charge in [-0.05, 0) is 19.9 Å². The lowest BCUT2D eigenvalue weighted by Crippen LogP contribution is -2.38. The van der Waals surface area contributed by atoms with E-state index < -0.39 is 0 Å². The van der Waals surface area contributed by atoms with E-state index in [-0.39, 0.29) is 24.0 Å². The summed E-state index contributed by atoms with van der Waals surface area (Å²) in [5, 5.41) is 11.5. The Morgan fingerprint density at radius 2 is 2.04 bits per heavy atom. The van der Waals surface area contributed by atoms with Gasteiger partial charge in [0, 0.05) is 32.7 Å². The first-order chi connectivity index (χ1) is 11.6. The molecule has 1 aromatic heterocycles. The second kappa shape index (κ2) is 10.2. The zero-order chi connectivity index (χ0) is 17.5. The minimum absolute atomic E-state index is 0. The second-order valence-corrected chi connectivity index (χ2v) is 5.56. The molecule has 1 aromatic carbocycles. The Balaban J connectivity index is 0.00000312. The maximum atomic E-state index is 5.43. The predicted molar refractivity (Wildman–Crippen MR) is 110 cm³/mol. The maximum Gasteiger partial charge on any atom is 0.194 e. The summed E-state index contributed by atoms with van der Waals surface area (Å²) >= 11 is 0. The van der Waals surface area contributed by atoms with Gasteiger partial charge in [-0.25, -0.2) is 4.99 Å². The lowest BCUT2D eigenvalue weighted by molar-refractivity contribution is 0.396. The molecule has 0 amide bonds. The Kier molecular flexibility index (Phi) is 8.67. The van der Waals surface area contributed by atoms with Crippen molar-refractivity contribution in [2.75, 3.05) is 20.7 Å². The largest absolute Gasteiger partial charge is 0.496 e. The number of guanidine groups is 1. The summed E-state index contributed by atoms with van der Waals surface area (Å²) in [6, 6.07) is 8.01. The zero-order valence-corrected chi connectivity index (χ0v) is 17.8. The fourth-order valence-corrected chi connectivity index (χ4v) is 2.37. The summed E-state index contributed by atoms with van der Waals surface area (Å²) in [6.45, 7) is 5.97. The van der Waals surface area contributed by atoms with E-state index in [1.165, 1.54) is 0 Å². The zero-order valence-electron chi connectivity index (χ0n) is 15.5. The summed E-state index contributed by atoms with van der Waals surface area (Å²) < 4.78 is 7.38. The molecule has 8 heteroatoms. The summed E-state index contributed by atoms with van der Waals surface area (Å²) in [4.78, 5) is 6.75. The topological polar surface area (TPSA) is 67.6 Å².